The topological polar surface area (TPSA) is 72.5 Å². The SMILES string of the molecule is C[C@H](c1nnc(-c2cccc(Cl)c2)o1)[NH+](C)CC(=O)Nc1ccc(Cl)cc1. The van der Waals surface area contributed by atoms with Crippen molar-refractivity contribution in [3.05, 3.63) is 64.5 Å². The average Bonchev–Trinajstić information content (AvgIpc) is 3.13. The Morgan fingerprint density at radius 3 is 2.59 bits per heavy atom. The first-order chi connectivity index (χ1) is 12.9. The van der Waals surface area contributed by atoms with Crippen molar-refractivity contribution in [3.63, 3.8) is 0 Å². The second-order valence-corrected chi connectivity index (χ2v) is 7.13. The van der Waals surface area contributed by atoms with Crippen molar-refractivity contribution in [1.29, 1.82) is 0 Å². The Kier molecular flexibility index (Phi) is 6.11. The van der Waals surface area contributed by atoms with Gasteiger partial charge in [0.2, 0.25) is 5.89 Å². The molecule has 0 saturated heterocycles. The number of hydrogen-bond acceptors (Lipinski definition) is 4. The van der Waals surface area contributed by atoms with Gasteiger partial charge in [-0.15, -0.1) is 10.2 Å². The molecule has 140 valence electrons. The number of carbonyl (C=O) groups is 1. The van der Waals surface area contributed by atoms with E-state index in [1.54, 1.807) is 36.4 Å². The standard InChI is InChI=1S/C19H18Cl2N4O2/c1-12(18-23-24-19(27-18)13-4-3-5-15(21)10-13)25(2)11-17(26)22-16-8-6-14(20)7-9-16/h3-10,12H,11H2,1-2H3,(H,22,26)/p+1/t12-/m1/s1. The average molecular weight is 406 g/mol. The van der Waals surface area contributed by atoms with E-state index in [1.165, 1.54) is 0 Å². The van der Waals surface area contributed by atoms with Crippen LogP contribution in [0, 0.1) is 0 Å². The molecule has 2 N–H and O–H groups in total. The van der Waals surface area contributed by atoms with Gasteiger partial charge >= 0.3 is 0 Å². The predicted molar refractivity (Wildman–Crippen MR) is 105 cm³/mol. The Balaban J connectivity index is 1.62. The van der Waals surface area contributed by atoms with Gasteiger partial charge in [-0.05, 0) is 49.4 Å². The Morgan fingerprint density at radius 1 is 1.15 bits per heavy atom. The number of nitrogens with one attached hydrogen (secondary N) is 2. The number of hydrogen-bond donors (Lipinski definition) is 2. The number of nitrogens with zero attached hydrogens (tertiary/aromatic N) is 2. The van der Waals surface area contributed by atoms with Crippen LogP contribution in [0.1, 0.15) is 18.9 Å². The molecule has 3 rings (SSSR count). The van der Waals surface area contributed by atoms with E-state index in [2.05, 4.69) is 15.5 Å². The molecule has 3 aromatic rings. The summed E-state index contributed by atoms with van der Waals surface area (Å²) in [5.74, 6) is 0.746. The van der Waals surface area contributed by atoms with Gasteiger partial charge in [0.1, 0.15) is 0 Å². The zero-order chi connectivity index (χ0) is 19.4. The summed E-state index contributed by atoms with van der Waals surface area (Å²) in [5.41, 5.74) is 1.46. The Morgan fingerprint density at radius 2 is 1.89 bits per heavy atom. The van der Waals surface area contributed by atoms with Crippen molar-refractivity contribution in [2.24, 2.45) is 0 Å². The molecule has 2 atom stereocenters. The van der Waals surface area contributed by atoms with E-state index in [4.69, 9.17) is 27.6 Å². The third kappa shape index (κ3) is 5.07. The fourth-order valence-electron chi connectivity index (χ4n) is 2.50. The normalized spacial score (nSPS) is 13.2. The van der Waals surface area contributed by atoms with Crippen molar-refractivity contribution >= 4 is 34.8 Å². The summed E-state index contributed by atoms with van der Waals surface area (Å²) in [4.78, 5) is 13.2. The minimum Gasteiger partial charge on any atom is -0.415 e. The van der Waals surface area contributed by atoms with Crippen LogP contribution in [0.5, 0.6) is 0 Å². The first-order valence-electron chi connectivity index (χ1n) is 8.39. The molecule has 0 aliphatic rings. The number of aromatic nitrogens is 2. The van der Waals surface area contributed by atoms with Gasteiger partial charge in [0, 0.05) is 21.3 Å². The van der Waals surface area contributed by atoms with Gasteiger partial charge in [0.15, 0.2) is 12.6 Å². The number of amides is 1. The Labute approximate surface area is 167 Å². The number of halogens is 2. The molecule has 0 radical (unpaired) electrons. The third-order valence-corrected chi connectivity index (χ3v) is 4.68. The maximum Gasteiger partial charge on any atom is 0.279 e. The highest BCUT2D eigenvalue weighted by molar-refractivity contribution is 6.31. The van der Waals surface area contributed by atoms with Gasteiger partial charge < -0.3 is 14.6 Å². The zero-order valence-corrected chi connectivity index (χ0v) is 16.4. The molecular weight excluding hydrogens is 387 g/mol. The lowest BCUT2D eigenvalue weighted by Gasteiger charge is -2.18. The van der Waals surface area contributed by atoms with Crippen molar-refractivity contribution in [2.45, 2.75) is 13.0 Å². The molecule has 0 bridgehead atoms. The molecule has 2 aromatic carbocycles. The number of benzene rings is 2. The summed E-state index contributed by atoms with van der Waals surface area (Å²) in [6.07, 6.45) is 0. The first-order valence-corrected chi connectivity index (χ1v) is 9.15. The number of carbonyl (C=O) groups excluding carboxylic acids is 1. The summed E-state index contributed by atoms with van der Waals surface area (Å²) in [6.45, 7) is 2.18. The quantitative estimate of drug-likeness (QED) is 0.659. The fourth-order valence-corrected chi connectivity index (χ4v) is 2.82. The Hall–Kier alpha value is -2.41. The van der Waals surface area contributed by atoms with E-state index in [1.807, 2.05) is 26.1 Å². The lowest BCUT2D eigenvalue weighted by atomic mass is 10.2. The van der Waals surface area contributed by atoms with E-state index in [0.717, 1.165) is 10.5 Å². The van der Waals surface area contributed by atoms with Gasteiger partial charge in [-0.2, -0.15) is 0 Å². The summed E-state index contributed by atoms with van der Waals surface area (Å²) >= 11 is 11.9. The fraction of sp³-hybridized carbons (Fsp3) is 0.211. The van der Waals surface area contributed by atoms with E-state index in [0.29, 0.717) is 27.5 Å². The summed E-state index contributed by atoms with van der Waals surface area (Å²) in [6, 6.07) is 14.0. The molecule has 0 aliphatic heterocycles. The number of likely N-dealkylation sites (N-methyl/N-ethyl adjacent to an activating group) is 1. The van der Waals surface area contributed by atoms with E-state index in [-0.39, 0.29) is 18.5 Å². The smallest absolute Gasteiger partial charge is 0.279 e. The summed E-state index contributed by atoms with van der Waals surface area (Å²) in [5, 5.41) is 12.3. The molecule has 27 heavy (non-hydrogen) atoms. The molecule has 1 heterocycles. The van der Waals surface area contributed by atoms with E-state index in [9.17, 15) is 4.79 Å². The summed E-state index contributed by atoms with van der Waals surface area (Å²) < 4.78 is 5.77. The van der Waals surface area contributed by atoms with Crippen LogP contribution in [0.3, 0.4) is 0 Å². The third-order valence-electron chi connectivity index (χ3n) is 4.19. The lowest BCUT2D eigenvalue weighted by molar-refractivity contribution is -0.903. The van der Waals surface area contributed by atoms with Crippen molar-refractivity contribution in [2.75, 3.05) is 18.9 Å². The van der Waals surface area contributed by atoms with Crippen LogP contribution in [0.2, 0.25) is 10.0 Å². The minimum absolute atomic E-state index is 0.115. The molecule has 1 amide bonds. The number of quaternary nitrogens is 1. The molecule has 0 fully saturated rings. The van der Waals surface area contributed by atoms with Gasteiger partial charge in [0.05, 0.1) is 7.05 Å². The number of rotatable bonds is 6. The molecule has 0 spiro atoms. The predicted octanol–water partition coefficient (Wildman–Crippen LogP) is 3.26. The van der Waals surface area contributed by atoms with Crippen molar-refractivity contribution in [3.8, 4) is 11.5 Å². The molecule has 6 nitrogen and oxygen atoms in total. The number of anilines is 1. The van der Waals surface area contributed by atoms with Crippen LogP contribution < -0.4 is 10.2 Å². The summed E-state index contributed by atoms with van der Waals surface area (Å²) in [7, 11) is 1.90. The van der Waals surface area contributed by atoms with Crippen molar-refractivity contribution < 1.29 is 14.1 Å². The molecular formula is C19H19Cl2N4O2+. The highest BCUT2D eigenvalue weighted by atomic mass is 35.5. The van der Waals surface area contributed by atoms with Crippen LogP contribution in [-0.4, -0.2) is 29.7 Å². The van der Waals surface area contributed by atoms with Crippen LogP contribution in [0.25, 0.3) is 11.5 Å². The molecule has 0 saturated carbocycles. The van der Waals surface area contributed by atoms with Crippen LogP contribution in [0.15, 0.2) is 52.9 Å². The maximum atomic E-state index is 12.3. The van der Waals surface area contributed by atoms with Gasteiger partial charge in [0.25, 0.3) is 11.8 Å². The van der Waals surface area contributed by atoms with Crippen LogP contribution in [-0.2, 0) is 4.79 Å². The van der Waals surface area contributed by atoms with Crippen molar-refractivity contribution in [1.82, 2.24) is 10.2 Å². The van der Waals surface area contributed by atoms with Crippen LogP contribution in [0.4, 0.5) is 5.69 Å². The largest absolute Gasteiger partial charge is 0.415 e. The molecule has 8 heteroatoms. The highest BCUT2D eigenvalue weighted by Crippen LogP contribution is 2.22. The van der Waals surface area contributed by atoms with Gasteiger partial charge in [-0.3, -0.25) is 4.79 Å². The first kappa shape index (κ1) is 19.4. The van der Waals surface area contributed by atoms with Gasteiger partial charge in [-0.1, -0.05) is 29.3 Å². The van der Waals surface area contributed by atoms with E-state index >= 15 is 0 Å². The van der Waals surface area contributed by atoms with E-state index < -0.39 is 0 Å². The monoisotopic (exact) mass is 405 g/mol. The van der Waals surface area contributed by atoms with Gasteiger partial charge in [-0.25, -0.2) is 0 Å². The van der Waals surface area contributed by atoms with Crippen LogP contribution >= 0.6 is 23.2 Å². The minimum atomic E-state index is -0.151. The zero-order valence-electron chi connectivity index (χ0n) is 14.9. The maximum absolute atomic E-state index is 12.3. The highest BCUT2D eigenvalue weighted by Gasteiger charge is 2.24. The second kappa shape index (κ2) is 8.52. The Bertz CT molecular complexity index is 927. The molecule has 1 unspecified atom stereocenters. The molecule has 1 aromatic heterocycles. The second-order valence-electron chi connectivity index (χ2n) is 6.26. The lowest BCUT2D eigenvalue weighted by Crippen LogP contribution is -3.10. The molecule has 0 aliphatic carbocycles.